The minimum Gasteiger partial charge on any atom is -0.361 e. The minimum absolute atomic E-state index is 0.0509. The molecule has 1 aliphatic heterocycles. The highest BCUT2D eigenvalue weighted by Crippen LogP contribution is 2.40. The first kappa shape index (κ1) is 16.2. The van der Waals surface area contributed by atoms with E-state index in [2.05, 4.69) is 16.1 Å². The molecule has 6 nitrogen and oxygen atoms in total. The third-order valence-corrected chi connectivity index (χ3v) is 6.08. The van der Waals surface area contributed by atoms with Crippen molar-refractivity contribution in [3.63, 3.8) is 0 Å². The lowest BCUT2D eigenvalue weighted by atomic mass is 9.97. The lowest BCUT2D eigenvalue weighted by molar-refractivity contribution is 0.210. The number of likely N-dealkylation sites (tertiary alicyclic amines) is 1. The normalized spacial score (nSPS) is 23.3. The number of nitrogens with zero attached hydrogens (tertiary/aromatic N) is 4. The van der Waals surface area contributed by atoms with Crippen molar-refractivity contribution >= 4 is 0 Å². The fraction of sp³-hybridized carbons (Fsp3) is 0.650. The Labute approximate surface area is 153 Å². The van der Waals surface area contributed by atoms with E-state index in [-0.39, 0.29) is 5.56 Å². The summed E-state index contributed by atoms with van der Waals surface area (Å²) in [6.07, 6.45) is 9.10. The second-order valence-electron chi connectivity index (χ2n) is 8.11. The third kappa shape index (κ3) is 3.22. The first-order chi connectivity index (χ1) is 12.8. The van der Waals surface area contributed by atoms with Gasteiger partial charge in [0.05, 0.1) is 17.9 Å². The Morgan fingerprint density at radius 1 is 1.12 bits per heavy atom. The molecule has 0 spiro atoms. The summed E-state index contributed by atoms with van der Waals surface area (Å²) in [5, 5.41) is 8.95. The molecule has 5 rings (SSSR count). The zero-order valence-corrected chi connectivity index (χ0v) is 15.2. The topological polar surface area (TPSA) is 64.2 Å². The Morgan fingerprint density at radius 2 is 2.00 bits per heavy atom. The Morgan fingerprint density at radius 3 is 2.88 bits per heavy atom. The van der Waals surface area contributed by atoms with Gasteiger partial charge in [0.2, 0.25) is 0 Å². The predicted molar refractivity (Wildman–Crippen MR) is 97.0 cm³/mol. The summed E-state index contributed by atoms with van der Waals surface area (Å²) < 4.78 is 7.19. The van der Waals surface area contributed by atoms with Gasteiger partial charge in [-0.15, -0.1) is 0 Å². The van der Waals surface area contributed by atoms with Gasteiger partial charge < -0.3 is 4.52 Å². The molecule has 0 amide bonds. The van der Waals surface area contributed by atoms with Crippen LogP contribution in [-0.4, -0.2) is 32.4 Å². The molecule has 1 saturated heterocycles. The molecular formula is C20H26N4O2. The highest BCUT2D eigenvalue weighted by molar-refractivity contribution is 5.20. The largest absolute Gasteiger partial charge is 0.361 e. The van der Waals surface area contributed by atoms with Gasteiger partial charge in [0.25, 0.3) is 5.56 Å². The standard InChI is InChI=1S/C20H26N4O2/c25-20-10-15-4-1-2-6-18(15)21-24(20)13-17-5-3-9-23(17)12-16-11-19(26-22-16)14-7-8-14/h10-11,14,17H,1-9,12-13H2. The van der Waals surface area contributed by atoms with Crippen LogP contribution in [0.15, 0.2) is 21.5 Å². The highest BCUT2D eigenvalue weighted by atomic mass is 16.5. The monoisotopic (exact) mass is 354 g/mol. The van der Waals surface area contributed by atoms with Crippen LogP contribution in [0.4, 0.5) is 0 Å². The molecule has 138 valence electrons. The molecule has 3 aliphatic rings. The van der Waals surface area contributed by atoms with Gasteiger partial charge in [0, 0.05) is 30.6 Å². The van der Waals surface area contributed by atoms with Crippen LogP contribution in [0, 0.1) is 0 Å². The molecular weight excluding hydrogens is 328 g/mol. The molecule has 1 atom stereocenters. The number of aromatic nitrogens is 3. The smallest absolute Gasteiger partial charge is 0.267 e. The van der Waals surface area contributed by atoms with E-state index < -0.39 is 0 Å². The molecule has 1 saturated carbocycles. The van der Waals surface area contributed by atoms with E-state index in [1.807, 2.05) is 6.07 Å². The molecule has 0 bridgehead atoms. The van der Waals surface area contributed by atoms with Crippen molar-refractivity contribution in [3.05, 3.63) is 45.2 Å². The fourth-order valence-corrected chi connectivity index (χ4v) is 4.41. The Kier molecular flexibility index (Phi) is 4.15. The number of rotatable bonds is 5. The van der Waals surface area contributed by atoms with E-state index in [1.165, 1.54) is 25.7 Å². The molecule has 0 aromatic carbocycles. The Balaban J connectivity index is 1.30. The quantitative estimate of drug-likeness (QED) is 0.826. The summed E-state index contributed by atoms with van der Waals surface area (Å²) in [4.78, 5) is 14.9. The average molecular weight is 354 g/mol. The van der Waals surface area contributed by atoms with Gasteiger partial charge in [-0.05, 0) is 63.5 Å². The maximum absolute atomic E-state index is 12.5. The van der Waals surface area contributed by atoms with Crippen LogP contribution >= 0.6 is 0 Å². The van der Waals surface area contributed by atoms with Gasteiger partial charge in [-0.3, -0.25) is 9.69 Å². The van der Waals surface area contributed by atoms with Crippen LogP contribution < -0.4 is 5.56 Å². The van der Waals surface area contributed by atoms with E-state index in [0.29, 0.717) is 18.5 Å². The maximum Gasteiger partial charge on any atom is 0.267 e. The molecule has 0 radical (unpaired) electrons. The summed E-state index contributed by atoms with van der Waals surface area (Å²) in [6.45, 7) is 2.54. The van der Waals surface area contributed by atoms with Crippen LogP contribution in [0.25, 0.3) is 0 Å². The fourth-order valence-electron chi connectivity index (χ4n) is 4.41. The van der Waals surface area contributed by atoms with E-state index in [9.17, 15) is 4.79 Å². The second kappa shape index (κ2) is 6.65. The summed E-state index contributed by atoms with van der Waals surface area (Å²) >= 11 is 0. The van der Waals surface area contributed by atoms with E-state index in [0.717, 1.165) is 61.5 Å². The van der Waals surface area contributed by atoms with Crippen LogP contribution in [0.3, 0.4) is 0 Å². The van der Waals surface area contributed by atoms with Crippen molar-refractivity contribution in [2.45, 2.75) is 76.4 Å². The average Bonchev–Trinajstić information content (AvgIpc) is 3.24. The van der Waals surface area contributed by atoms with Gasteiger partial charge in [0.15, 0.2) is 0 Å². The molecule has 0 N–H and O–H groups in total. The lowest BCUT2D eigenvalue weighted by Crippen LogP contribution is -2.37. The lowest BCUT2D eigenvalue weighted by Gasteiger charge is -2.24. The Bertz CT molecular complexity index is 852. The number of hydrogen-bond acceptors (Lipinski definition) is 5. The van der Waals surface area contributed by atoms with E-state index >= 15 is 0 Å². The van der Waals surface area contributed by atoms with Gasteiger partial charge in [-0.1, -0.05) is 5.16 Å². The molecule has 26 heavy (non-hydrogen) atoms. The summed E-state index contributed by atoms with van der Waals surface area (Å²) in [6, 6.07) is 4.29. The van der Waals surface area contributed by atoms with Crippen LogP contribution in [0.2, 0.25) is 0 Å². The third-order valence-electron chi connectivity index (χ3n) is 6.08. The van der Waals surface area contributed by atoms with E-state index in [1.54, 1.807) is 4.68 Å². The molecule has 3 heterocycles. The van der Waals surface area contributed by atoms with Gasteiger partial charge >= 0.3 is 0 Å². The van der Waals surface area contributed by atoms with Crippen molar-refractivity contribution < 1.29 is 4.52 Å². The summed E-state index contributed by atoms with van der Waals surface area (Å²) in [5.41, 5.74) is 3.36. The van der Waals surface area contributed by atoms with Crippen molar-refractivity contribution in [1.82, 2.24) is 19.8 Å². The van der Waals surface area contributed by atoms with Crippen LogP contribution in [0.5, 0.6) is 0 Å². The highest BCUT2D eigenvalue weighted by Gasteiger charge is 2.30. The predicted octanol–water partition coefficient (Wildman–Crippen LogP) is 2.65. The zero-order chi connectivity index (χ0) is 17.5. The van der Waals surface area contributed by atoms with Crippen LogP contribution in [-0.2, 0) is 25.9 Å². The van der Waals surface area contributed by atoms with Crippen molar-refractivity contribution in [3.8, 4) is 0 Å². The molecule has 6 heteroatoms. The van der Waals surface area contributed by atoms with E-state index in [4.69, 9.17) is 9.62 Å². The molecule has 1 unspecified atom stereocenters. The van der Waals surface area contributed by atoms with Crippen molar-refractivity contribution in [2.75, 3.05) is 6.54 Å². The zero-order valence-electron chi connectivity index (χ0n) is 15.2. The molecule has 2 aliphatic carbocycles. The Hall–Kier alpha value is -1.95. The van der Waals surface area contributed by atoms with Crippen molar-refractivity contribution in [2.24, 2.45) is 0 Å². The minimum atomic E-state index is 0.0509. The SMILES string of the molecule is O=c1cc2c(nn1CC1CCCN1Cc1cc(C3CC3)on1)CCCC2. The maximum atomic E-state index is 12.5. The first-order valence-corrected chi connectivity index (χ1v) is 10.1. The first-order valence-electron chi connectivity index (χ1n) is 10.1. The molecule has 2 aromatic rings. The summed E-state index contributed by atoms with van der Waals surface area (Å²) in [7, 11) is 0. The van der Waals surface area contributed by atoms with Gasteiger partial charge in [-0.25, -0.2) is 4.68 Å². The van der Waals surface area contributed by atoms with Crippen molar-refractivity contribution in [1.29, 1.82) is 0 Å². The molecule has 2 aromatic heterocycles. The number of aryl methyl sites for hydroxylation is 2. The number of hydrogen-bond donors (Lipinski definition) is 0. The summed E-state index contributed by atoms with van der Waals surface area (Å²) in [5.74, 6) is 1.65. The van der Waals surface area contributed by atoms with Gasteiger partial charge in [0.1, 0.15) is 5.76 Å². The van der Waals surface area contributed by atoms with Crippen LogP contribution in [0.1, 0.15) is 67.2 Å². The molecule has 2 fully saturated rings. The second-order valence-corrected chi connectivity index (χ2v) is 8.11. The number of fused-ring (bicyclic) bond motifs is 1. The van der Waals surface area contributed by atoms with Gasteiger partial charge in [-0.2, -0.15) is 5.10 Å².